The van der Waals surface area contributed by atoms with E-state index in [4.69, 9.17) is 9.47 Å². The second-order valence-corrected chi connectivity index (χ2v) is 8.09. The molecule has 24 heavy (non-hydrogen) atoms. The molecule has 0 aromatic heterocycles. The summed E-state index contributed by atoms with van der Waals surface area (Å²) in [4.78, 5) is 24.2. The summed E-state index contributed by atoms with van der Waals surface area (Å²) in [5.41, 5.74) is -0.238. The van der Waals surface area contributed by atoms with Gasteiger partial charge < -0.3 is 9.47 Å². The molecule has 0 saturated heterocycles. The Kier molecular flexibility index (Phi) is 7.12. The third-order valence-corrected chi connectivity index (χ3v) is 5.91. The number of carbonyl (C=O) groups excluding carboxylic acids is 2. The minimum Gasteiger partial charge on any atom is -0.465 e. The zero-order chi connectivity index (χ0) is 17.6. The Morgan fingerprint density at radius 1 is 1.08 bits per heavy atom. The summed E-state index contributed by atoms with van der Waals surface area (Å²) in [5.74, 6) is 0.309. The number of hydrogen-bond acceptors (Lipinski definition) is 4. The van der Waals surface area contributed by atoms with Crippen molar-refractivity contribution in [3.05, 3.63) is 0 Å². The lowest BCUT2D eigenvalue weighted by Crippen LogP contribution is -2.37. The Labute approximate surface area is 146 Å². The van der Waals surface area contributed by atoms with E-state index in [1.807, 2.05) is 13.8 Å². The van der Waals surface area contributed by atoms with Crippen LogP contribution < -0.4 is 0 Å². The molecule has 0 spiro atoms. The summed E-state index contributed by atoms with van der Waals surface area (Å²) in [6, 6.07) is 0. The van der Waals surface area contributed by atoms with Crippen molar-refractivity contribution >= 4 is 11.9 Å². The van der Waals surface area contributed by atoms with Crippen LogP contribution in [-0.2, 0) is 19.1 Å². The van der Waals surface area contributed by atoms with Gasteiger partial charge in [0, 0.05) is 0 Å². The second-order valence-electron chi connectivity index (χ2n) is 8.09. The van der Waals surface area contributed by atoms with Gasteiger partial charge >= 0.3 is 11.9 Å². The molecule has 0 bridgehead atoms. The molecule has 2 aliphatic carbocycles. The minimum atomic E-state index is -0.238. The fourth-order valence-corrected chi connectivity index (χ4v) is 3.80. The van der Waals surface area contributed by atoms with Crippen LogP contribution in [-0.4, -0.2) is 24.1 Å². The van der Waals surface area contributed by atoms with Crippen molar-refractivity contribution in [2.45, 2.75) is 90.6 Å². The first-order valence-electron chi connectivity index (χ1n) is 9.83. The third kappa shape index (κ3) is 5.49. The lowest BCUT2D eigenvalue weighted by Gasteiger charge is -2.35. The highest BCUT2D eigenvalue weighted by atomic mass is 16.6. The van der Waals surface area contributed by atoms with Crippen molar-refractivity contribution < 1.29 is 19.1 Å². The molecule has 4 heteroatoms. The van der Waals surface area contributed by atoms with Crippen molar-refractivity contribution in [2.24, 2.45) is 17.8 Å². The van der Waals surface area contributed by atoms with Gasteiger partial charge in [0.15, 0.2) is 0 Å². The van der Waals surface area contributed by atoms with Gasteiger partial charge in [-0.3, -0.25) is 9.59 Å². The smallest absolute Gasteiger partial charge is 0.309 e. The topological polar surface area (TPSA) is 52.6 Å². The molecule has 1 unspecified atom stereocenters. The van der Waals surface area contributed by atoms with Gasteiger partial charge in [-0.05, 0) is 70.6 Å². The number of rotatable bonds is 6. The molecule has 1 atom stereocenters. The minimum absolute atomic E-state index is 0.00514. The summed E-state index contributed by atoms with van der Waals surface area (Å²) < 4.78 is 11.3. The molecule has 0 aromatic rings. The Morgan fingerprint density at radius 2 is 1.71 bits per heavy atom. The molecule has 138 valence electrons. The van der Waals surface area contributed by atoms with Gasteiger partial charge in [-0.25, -0.2) is 0 Å². The normalized spacial score (nSPS) is 28.0. The van der Waals surface area contributed by atoms with Crippen LogP contribution in [0.4, 0.5) is 0 Å². The molecule has 2 fully saturated rings. The number of esters is 2. The third-order valence-electron chi connectivity index (χ3n) is 5.91. The summed E-state index contributed by atoms with van der Waals surface area (Å²) in [6.07, 6.45) is 10.0. The Morgan fingerprint density at radius 3 is 2.29 bits per heavy atom. The number of carbonyl (C=O) groups is 2. The molecular weight excluding hydrogens is 304 g/mol. The van der Waals surface area contributed by atoms with Gasteiger partial charge in [0.1, 0.15) is 5.60 Å². The van der Waals surface area contributed by atoms with Crippen LogP contribution in [0.15, 0.2) is 0 Å². The first kappa shape index (κ1) is 19.3. The van der Waals surface area contributed by atoms with E-state index in [2.05, 4.69) is 6.92 Å². The standard InChI is InChI=1S/C20H34O4/c1-4-15(2)18(21)23-14-16-8-10-17(11-9-16)19(22)24-20(3)12-6-5-7-13-20/h15-17H,4-14H2,1-3H3. The Bertz CT molecular complexity index is 417. The van der Waals surface area contributed by atoms with Crippen LogP contribution in [0, 0.1) is 17.8 Å². The molecule has 0 aromatic carbocycles. The van der Waals surface area contributed by atoms with E-state index in [0.717, 1.165) is 57.8 Å². The van der Waals surface area contributed by atoms with Crippen molar-refractivity contribution in [1.82, 2.24) is 0 Å². The Hall–Kier alpha value is -1.06. The fraction of sp³-hybridized carbons (Fsp3) is 0.900. The highest BCUT2D eigenvalue weighted by Gasteiger charge is 2.35. The first-order chi connectivity index (χ1) is 11.4. The number of ether oxygens (including phenoxy) is 2. The average Bonchev–Trinajstić information content (AvgIpc) is 2.59. The lowest BCUT2D eigenvalue weighted by atomic mass is 9.82. The maximum absolute atomic E-state index is 12.5. The van der Waals surface area contributed by atoms with Crippen LogP contribution in [0.3, 0.4) is 0 Å². The van der Waals surface area contributed by atoms with Gasteiger partial charge in [-0.15, -0.1) is 0 Å². The van der Waals surface area contributed by atoms with Crippen molar-refractivity contribution in [3.63, 3.8) is 0 Å². The van der Waals surface area contributed by atoms with E-state index in [-0.39, 0.29) is 29.4 Å². The first-order valence-corrected chi connectivity index (χ1v) is 9.83. The molecule has 2 rings (SSSR count). The molecular formula is C20H34O4. The predicted molar refractivity (Wildman–Crippen MR) is 93.4 cm³/mol. The maximum atomic E-state index is 12.5. The lowest BCUT2D eigenvalue weighted by molar-refractivity contribution is -0.168. The Balaban J connectivity index is 1.70. The molecule has 0 aliphatic heterocycles. The van der Waals surface area contributed by atoms with Gasteiger partial charge in [0.2, 0.25) is 0 Å². The van der Waals surface area contributed by atoms with Crippen molar-refractivity contribution in [3.8, 4) is 0 Å². The quantitative estimate of drug-likeness (QED) is 0.662. The molecule has 4 nitrogen and oxygen atoms in total. The van der Waals surface area contributed by atoms with E-state index in [1.165, 1.54) is 6.42 Å². The molecule has 0 amide bonds. The average molecular weight is 338 g/mol. The van der Waals surface area contributed by atoms with Crippen molar-refractivity contribution in [1.29, 1.82) is 0 Å². The van der Waals surface area contributed by atoms with Gasteiger partial charge in [-0.1, -0.05) is 20.3 Å². The molecule has 0 N–H and O–H groups in total. The van der Waals surface area contributed by atoms with E-state index < -0.39 is 0 Å². The van der Waals surface area contributed by atoms with Gasteiger partial charge in [-0.2, -0.15) is 0 Å². The van der Waals surface area contributed by atoms with Crippen LogP contribution in [0.1, 0.15) is 85.0 Å². The van der Waals surface area contributed by atoms with Gasteiger partial charge in [0.05, 0.1) is 18.4 Å². The summed E-state index contributed by atoms with van der Waals surface area (Å²) in [6.45, 7) is 6.49. The van der Waals surface area contributed by atoms with Crippen LogP contribution in [0.5, 0.6) is 0 Å². The fourth-order valence-electron chi connectivity index (χ4n) is 3.80. The highest BCUT2D eigenvalue weighted by molar-refractivity contribution is 5.73. The van der Waals surface area contributed by atoms with Crippen LogP contribution in [0.25, 0.3) is 0 Å². The summed E-state index contributed by atoms with van der Waals surface area (Å²) in [5, 5.41) is 0. The largest absolute Gasteiger partial charge is 0.465 e. The zero-order valence-electron chi connectivity index (χ0n) is 15.6. The summed E-state index contributed by atoms with van der Waals surface area (Å²) in [7, 11) is 0. The SMILES string of the molecule is CCC(C)C(=O)OCC1CCC(C(=O)OC2(C)CCCCC2)CC1. The summed E-state index contributed by atoms with van der Waals surface area (Å²) >= 11 is 0. The van der Waals surface area contributed by atoms with Crippen LogP contribution in [0.2, 0.25) is 0 Å². The van der Waals surface area contributed by atoms with E-state index in [0.29, 0.717) is 12.5 Å². The highest BCUT2D eigenvalue weighted by Crippen LogP contribution is 2.35. The van der Waals surface area contributed by atoms with Gasteiger partial charge in [0.25, 0.3) is 0 Å². The molecule has 2 saturated carbocycles. The number of hydrogen-bond donors (Lipinski definition) is 0. The second kappa shape index (κ2) is 8.87. The molecule has 0 radical (unpaired) electrons. The van der Waals surface area contributed by atoms with E-state index in [9.17, 15) is 9.59 Å². The van der Waals surface area contributed by atoms with E-state index >= 15 is 0 Å². The van der Waals surface area contributed by atoms with Crippen molar-refractivity contribution in [2.75, 3.05) is 6.61 Å². The zero-order valence-corrected chi connectivity index (χ0v) is 15.6. The monoisotopic (exact) mass is 338 g/mol. The van der Waals surface area contributed by atoms with Crippen LogP contribution >= 0.6 is 0 Å². The molecule has 2 aliphatic rings. The predicted octanol–water partition coefficient (Wildman–Crippen LogP) is 4.65. The van der Waals surface area contributed by atoms with E-state index in [1.54, 1.807) is 0 Å². The molecule has 0 heterocycles. The maximum Gasteiger partial charge on any atom is 0.309 e.